The molecule has 0 bridgehead atoms. The minimum atomic E-state index is 0. The van der Waals surface area contributed by atoms with Crippen molar-refractivity contribution in [3.8, 4) is 0 Å². The lowest BCUT2D eigenvalue weighted by Crippen LogP contribution is -2.17. The number of fused-ring (bicyclic) bond motifs is 2. The first-order chi connectivity index (χ1) is 19.8. The predicted molar refractivity (Wildman–Crippen MR) is 176 cm³/mol. The molecule has 0 aliphatic carbocycles. The van der Waals surface area contributed by atoms with Gasteiger partial charge in [-0.3, -0.25) is 0 Å². The number of hydrogen-bond acceptors (Lipinski definition) is 6. The molecule has 0 amide bonds. The summed E-state index contributed by atoms with van der Waals surface area (Å²) >= 11 is 0. The molecule has 6 aromatic rings. The lowest BCUT2D eigenvalue weighted by molar-refractivity contribution is 0.536. The molecule has 2 unspecified atom stereocenters. The van der Waals surface area contributed by atoms with Gasteiger partial charge in [-0.25, -0.2) is 19.9 Å². The van der Waals surface area contributed by atoms with Gasteiger partial charge in [0.2, 0.25) is 0 Å². The highest BCUT2D eigenvalue weighted by molar-refractivity contribution is 5.85. The zero-order valence-electron chi connectivity index (χ0n) is 23.9. The second-order valence-electron chi connectivity index (χ2n) is 9.69. The molecule has 10 heteroatoms. The monoisotopic (exact) mass is 604 g/mol. The van der Waals surface area contributed by atoms with Crippen LogP contribution in [0.25, 0.3) is 22.1 Å². The number of halogens is 2. The summed E-state index contributed by atoms with van der Waals surface area (Å²) < 4.78 is 4.48. The quantitative estimate of drug-likeness (QED) is 0.196. The SMILES string of the molecule is CNCCC(c1ccccc1)n1ccc2cncnc21.CNCCC(c1ccccc1)n1ccc2cncnc21.Cl.Cl. The van der Waals surface area contributed by atoms with E-state index in [1.54, 1.807) is 12.7 Å². The van der Waals surface area contributed by atoms with E-state index in [9.17, 15) is 0 Å². The third kappa shape index (κ3) is 7.72. The van der Waals surface area contributed by atoms with E-state index < -0.39 is 0 Å². The molecule has 8 nitrogen and oxygen atoms in total. The van der Waals surface area contributed by atoms with E-state index in [0.29, 0.717) is 0 Å². The average molecular weight is 606 g/mol. The van der Waals surface area contributed by atoms with Crippen molar-refractivity contribution in [3.63, 3.8) is 0 Å². The van der Waals surface area contributed by atoms with E-state index in [1.165, 1.54) is 11.1 Å². The van der Waals surface area contributed by atoms with Crippen LogP contribution in [0.3, 0.4) is 0 Å². The Hall–Kier alpha value is -3.82. The van der Waals surface area contributed by atoms with Crippen molar-refractivity contribution in [2.75, 3.05) is 27.2 Å². The second-order valence-corrected chi connectivity index (χ2v) is 9.69. The van der Waals surface area contributed by atoms with Crippen LogP contribution in [0.15, 0.2) is 110 Å². The largest absolute Gasteiger partial charge is 0.325 e. The zero-order chi connectivity index (χ0) is 27.6. The summed E-state index contributed by atoms with van der Waals surface area (Å²) in [5.41, 5.74) is 4.59. The van der Waals surface area contributed by atoms with E-state index in [2.05, 4.69) is 125 Å². The first kappa shape index (κ1) is 32.7. The van der Waals surface area contributed by atoms with Crippen LogP contribution in [-0.2, 0) is 0 Å². The first-order valence-corrected chi connectivity index (χ1v) is 13.7. The molecule has 2 aromatic carbocycles. The van der Waals surface area contributed by atoms with Gasteiger partial charge in [-0.1, -0.05) is 60.7 Å². The lowest BCUT2D eigenvalue weighted by Gasteiger charge is -2.20. The summed E-state index contributed by atoms with van der Waals surface area (Å²) in [5, 5.41) is 8.63. The van der Waals surface area contributed by atoms with E-state index >= 15 is 0 Å². The van der Waals surface area contributed by atoms with Gasteiger partial charge in [-0.15, -0.1) is 24.8 Å². The fourth-order valence-electron chi connectivity index (χ4n) is 5.15. The molecule has 0 saturated heterocycles. The molecular weight excluding hydrogens is 567 g/mol. The molecule has 0 saturated carbocycles. The molecule has 4 aromatic heterocycles. The molecular formula is C32H38Cl2N8. The highest BCUT2D eigenvalue weighted by Gasteiger charge is 2.17. The minimum absolute atomic E-state index is 0. The van der Waals surface area contributed by atoms with Crippen molar-refractivity contribution in [2.45, 2.75) is 24.9 Å². The number of aromatic nitrogens is 6. The van der Waals surface area contributed by atoms with Crippen LogP contribution < -0.4 is 10.6 Å². The van der Waals surface area contributed by atoms with Crippen molar-refractivity contribution < 1.29 is 0 Å². The normalized spacial score (nSPS) is 12.0. The van der Waals surface area contributed by atoms with Gasteiger partial charge in [-0.05, 0) is 63.3 Å². The number of benzene rings is 2. The van der Waals surface area contributed by atoms with Gasteiger partial charge < -0.3 is 19.8 Å². The maximum atomic E-state index is 4.43. The van der Waals surface area contributed by atoms with Crippen LogP contribution in [-0.4, -0.2) is 56.3 Å². The van der Waals surface area contributed by atoms with Crippen molar-refractivity contribution in [1.82, 2.24) is 39.7 Å². The van der Waals surface area contributed by atoms with E-state index in [1.807, 2.05) is 26.5 Å². The summed E-state index contributed by atoms with van der Waals surface area (Å²) in [6.45, 7) is 1.93. The van der Waals surface area contributed by atoms with Crippen LogP contribution in [0.1, 0.15) is 36.1 Å². The van der Waals surface area contributed by atoms with E-state index in [-0.39, 0.29) is 36.9 Å². The molecule has 220 valence electrons. The van der Waals surface area contributed by atoms with Gasteiger partial charge in [0.25, 0.3) is 0 Å². The molecule has 2 atom stereocenters. The Morgan fingerprint density at radius 1 is 0.595 bits per heavy atom. The Labute approximate surface area is 259 Å². The second kappa shape index (κ2) is 16.6. The standard InChI is InChI=1S/2C16H18N4.2ClH/c2*1-17-9-7-15(13-5-3-2-4-6-13)20-10-8-14-11-18-12-19-16(14)20;;/h2*2-6,8,10-12,15,17H,7,9H2,1H3;2*1H. The van der Waals surface area contributed by atoms with Crippen molar-refractivity contribution >= 4 is 46.9 Å². The van der Waals surface area contributed by atoms with Gasteiger partial charge in [0.1, 0.15) is 23.9 Å². The maximum Gasteiger partial charge on any atom is 0.143 e. The maximum absolute atomic E-state index is 4.43. The first-order valence-electron chi connectivity index (χ1n) is 13.7. The van der Waals surface area contributed by atoms with E-state index in [4.69, 9.17) is 0 Å². The van der Waals surface area contributed by atoms with Gasteiger partial charge in [0.15, 0.2) is 0 Å². The Kier molecular flexibility index (Phi) is 12.9. The highest BCUT2D eigenvalue weighted by Crippen LogP contribution is 2.27. The van der Waals surface area contributed by atoms with Crippen LogP contribution in [0, 0.1) is 0 Å². The van der Waals surface area contributed by atoms with E-state index in [0.717, 1.165) is 48.0 Å². The Morgan fingerprint density at radius 3 is 1.38 bits per heavy atom. The van der Waals surface area contributed by atoms with Gasteiger partial charge >= 0.3 is 0 Å². The Morgan fingerprint density at radius 2 is 1.00 bits per heavy atom. The minimum Gasteiger partial charge on any atom is -0.325 e. The van der Waals surface area contributed by atoms with Crippen molar-refractivity contribution in [3.05, 3.63) is 121 Å². The topological polar surface area (TPSA) is 85.5 Å². The Bertz CT molecular complexity index is 1480. The van der Waals surface area contributed by atoms with Crippen LogP contribution >= 0.6 is 24.8 Å². The van der Waals surface area contributed by atoms with Gasteiger partial charge in [0, 0.05) is 35.6 Å². The molecule has 6 rings (SSSR count). The Balaban J connectivity index is 0.000000220. The number of nitrogens with one attached hydrogen (secondary N) is 2. The van der Waals surface area contributed by atoms with Crippen molar-refractivity contribution in [1.29, 1.82) is 0 Å². The van der Waals surface area contributed by atoms with Crippen LogP contribution in [0.2, 0.25) is 0 Å². The summed E-state index contributed by atoms with van der Waals surface area (Å²) in [6.07, 6.45) is 13.2. The molecule has 0 fully saturated rings. The smallest absolute Gasteiger partial charge is 0.143 e. The molecule has 0 spiro atoms. The fourth-order valence-corrected chi connectivity index (χ4v) is 5.15. The molecule has 0 aliphatic rings. The van der Waals surface area contributed by atoms with Crippen LogP contribution in [0.4, 0.5) is 0 Å². The molecule has 42 heavy (non-hydrogen) atoms. The average Bonchev–Trinajstić information content (AvgIpc) is 3.64. The van der Waals surface area contributed by atoms with Crippen LogP contribution in [0.5, 0.6) is 0 Å². The summed E-state index contributed by atoms with van der Waals surface area (Å²) in [4.78, 5) is 17.0. The summed E-state index contributed by atoms with van der Waals surface area (Å²) in [7, 11) is 3.97. The number of nitrogens with zero attached hydrogens (tertiary/aromatic N) is 6. The highest BCUT2D eigenvalue weighted by atomic mass is 35.5. The predicted octanol–water partition coefficient (Wildman–Crippen LogP) is 6.10. The number of rotatable bonds is 10. The summed E-state index contributed by atoms with van der Waals surface area (Å²) in [6, 6.07) is 25.9. The zero-order valence-corrected chi connectivity index (χ0v) is 25.5. The third-order valence-corrected chi connectivity index (χ3v) is 7.13. The summed E-state index contributed by atoms with van der Waals surface area (Å²) in [5.74, 6) is 0. The van der Waals surface area contributed by atoms with Gasteiger partial charge in [0.05, 0.1) is 12.1 Å². The molecule has 0 aliphatic heterocycles. The fraction of sp³-hybridized carbons (Fsp3) is 0.250. The number of hydrogen-bond donors (Lipinski definition) is 2. The molecule has 0 radical (unpaired) electrons. The lowest BCUT2D eigenvalue weighted by atomic mass is 10.0. The van der Waals surface area contributed by atoms with Crippen molar-refractivity contribution in [2.24, 2.45) is 0 Å². The molecule has 4 heterocycles. The van der Waals surface area contributed by atoms with Gasteiger partial charge in [-0.2, -0.15) is 0 Å². The molecule has 2 N–H and O–H groups in total. The third-order valence-electron chi connectivity index (χ3n) is 7.13.